The summed E-state index contributed by atoms with van der Waals surface area (Å²) in [4.78, 5) is 0. The van der Waals surface area contributed by atoms with Gasteiger partial charge < -0.3 is 5.73 Å². The van der Waals surface area contributed by atoms with Crippen LogP contribution in [0.15, 0.2) is 6.07 Å². The molecule has 1 aromatic rings. The van der Waals surface area contributed by atoms with E-state index in [0.29, 0.717) is 6.04 Å². The first-order valence-electron chi connectivity index (χ1n) is 4.91. The molecule has 0 bridgehead atoms. The van der Waals surface area contributed by atoms with Gasteiger partial charge in [0.05, 0.1) is 11.7 Å². The highest BCUT2D eigenvalue weighted by Crippen LogP contribution is 2.17. The van der Waals surface area contributed by atoms with Gasteiger partial charge in [-0.1, -0.05) is 6.92 Å². The fourth-order valence-corrected chi connectivity index (χ4v) is 1.71. The smallest absolute Gasteiger partial charge is 0.0596 e. The van der Waals surface area contributed by atoms with Gasteiger partial charge in [0.15, 0.2) is 0 Å². The Bertz CT molecular complexity index is 265. The molecule has 2 N–H and O–H groups in total. The molecule has 0 saturated carbocycles. The van der Waals surface area contributed by atoms with E-state index in [4.69, 9.17) is 5.73 Å². The lowest BCUT2D eigenvalue weighted by molar-refractivity contribution is 0.408. The lowest BCUT2D eigenvalue weighted by atomic mass is 10.1. The van der Waals surface area contributed by atoms with E-state index in [1.807, 2.05) is 6.92 Å². The molecule has 0 amide bonds. The molecule has 3 heteroatoms. The fraction of sp³-hybridized carbons (Fsp3) is 0.700. The van der Waals surface area contributed by atoms with Crippen LogP contribution in [0.3, 0.4) is 0 Å². The van der Waals surface area contributed by atoms with Gasteiger partial charge in [-0.05, 0) is 39.3 Å². The zero-order chi connectivity index (χ0) is 9.84. The summed E-state index contributed by atoms with van der Waals surface area (Å²) in [5.41, 5.74) is 7.88. The van der Waals surface area contributed by atoms with Crippen LogP contribution in [0.1, 0.15) is 37.2 Å². The van der Waals surface area contributed by atoms with Crippen LogP contribution in [0.25, 0.3) is 0 Å². The monoisotopic (exact) mass is 181 g/mol. The van der Waals surface area contributed by atoms with Crippen LogP contribution < -0.4 is 5.73 Å². The van der Waals surface area contributed by atoms with Gasteiger partial charge in [-0.25, -0.2) is 0 Å². The highest BCUT2D eigenvalue weighted by molar-refractivity contribution is 5.07. The second-order valence-electron chi connectivity index (χ2n) is 3.51. The summed E-state index contributed by atoms with van der Waals surface area (Å²) in [6.45, 7) is 7.03. The van der Waals surface area contributed by atoms with Gasteiger partial charge in [0.1, 0.15) is 0 Å². The van der Waals surface area contributed by atoms with Crippen molar-refractivity contribution in [2.45, 2.75) is 39.7 Å². The maximum Gasteiger partial charge on any atom is 0.0596 e. The zero-order valence-corrected chi connectivity index (χ0v) is 8.75. The maximum atomic E-state index is 5.56. The molecule has 0 aromatic carbocycles. The predicted octanol–water partition coefficient (Wildman–Crippen LogP) is 1.80. The normalized spacial score (nSPS) is 13.2. The van der Waals surface area contributed by atoms with Crippen molar-refractivity contribution >= 4 is 0 Å². The number of hydrogen-bond donors (Lipinski definition) is 1. The molecule has 0 fully saturated rings. The molecule has 0 aliphatic heterocycles. The summed E-state index contributed by atoms with van der Waals surface area (Å²) in [6.07, 6.45) is 2.11. The Labute approximate surface area is 79.9 Å². The molecular formula is C10H19N3. The van der Waals surface area contributed by atoms with E-state index in [2.05, 4.69) is 29.7 Å². The number of nitrogens with two attached hydrogens (primary N) is 1. The van der Waals surface area contributed by atoms with Crippen molar-refractivity contribution in [2.75, 3.05) is 6.54 Å². The largest absolute Gasteiger partial charge is 0.330 e. The molecule has 0 aliphatic rings. The molecule has 13 heavy (non-hydrogen) atoms. The van der Waals surface area contributed by atoms with Crippen molar-refractivity contribution in [3.05, 3.63) is 17.5 Å². The second-order valence-corrected chi connectivity index (χ2v) is 3.51. The summed E-state index contributed by atoms with van der Waals surface area (Å²) in [7, 11) is 0. The third-order valence-corrected chi connectivity index (χ3v) is 2.36. The lowest BCUT2D eigenvalue weighted by Crippen LogP contribution is -2.15. The van der Waals surface area contributed by atoms with Crippen molar-refractivity contribution in [1.29, 1.82) is 0 Å². The van der Waals surface area contributed by atoms with E-state index in [1.54, 1.807) is 0 Å². The molecule has 0 spiro atoms. The van der Waals surface area contributed by atoms with Crippen LogP contribution in [-0.2, 0) is 0 Å². The van der Waals surface area contributed by atoms with Crippen molar-refractivity contribution in [1.82, 2.24) is 9.78 Å². The van der Waals surface area contributed by atoms with Crippen molar-refractivity contribution in [3.8, 4) is 0 Å². The Morgan fingerprint density at radius 1 is 1.54 bits per heavy atom. The molecular weight excluding hydrogens is 162 g/mol. The Morgan fingerprint density at radius 2 is 2.23 bits per heavy atom. The summed E-state index contributed by atoms with van der Waals surface area (Å²) >= 11 is 0. The van der Waals surface area contributed by atoms with Crippen molar-refractivity contribution < 1.29 is 0 Å². The van der Waals surface area contributed by atoms with Gasteiger partial charge in [0.2, 0.25) is 0 Å². The molecule has 1 atom stereocenters. The third kappa shape index (κ3) is 2.31. The SMILES string of the molecule is CCC(CCN)n1nc(C)cc1C. The number of aryl methyl sites for hydroxylation is 2. The molecule has 74 valence electrons. The minimum absolute atomic E-state index is 0.471. The first-order chi connectivity index (χ1) is 6.19. The lowest BCUT2D eigenvalue weighted by Gasteiger charge is -2.16. The fourth-order valence-electron chi connectivity index (χ4n) is 1.71. The first kappa shape index (κ1) is 10.3. The molecule has 0 aliphatic carbocycles. The average molecular weight is 181 g/mol. The second kappa shape index (κ2) is 4.42. The number of nitrogens with zero attached hydrogens (tertiary/aromatic N) is 2. The van der Waals surface area contributed by atoms with Crippen molar-refractivity contribution in [2.24, 2.45) is 5.73 Å². The van der Waals surface area contributed by atoms with Crippen LogP contribution in [-0.4, -0.2) is 16.3 Å². The zero-order valence-electron chi connectivity index (χ0n) is 8.75. The highest BCUT2D eigenvalue weighted by atomic mass is 15.3. The van der Waals surface area contributed by atoms with Crippen LogP contribution in [0.5, 0.6) is 0 Å². The van der Waals surface area contributed by atoms with Crippen LogP contribution in [0.2, 0.25) is 0 Å². The first-order valence-corrected chi connectivity index (χ1v) is 4.91. The maximum absolute atomic E-state index is 5.56. The van der Waals surface area contributed by atoms with E-state index in [-0.39, 0.29) is 0 Å². The van der Waals surface area contributed by atoms with Gasteiger partial charge in [0, 0.05) is 5.69 Å². The molecule has 1 unspecified atom stereocenters. The minimum atomic E-state index is 0.471. The summed E-state index contributed by atoms with van der Waals surface area (Å²) in [5.74, 6) is 0. The summed E-state index contributed by atoms with van der Waals surface area (Å²) in [5, 5.41) is 4.46. The van der Waals surface area contributed by atoms with Crippen LogP contribution in [0, 0.1) is 13.8 Å². The topological polar surface area (TPSA) is 43.8 Å². The van der Waals surface area contributed by atoms with E-state index in [9.17, 15) is 0 Å². The third-order valence-electron chi connectivity index (χ3n) is 2.36. The van der Waals surface area contributed by atoms with E-state index >= 15 is 0 Å². The van der Waals surface area contributed by atoms with E-state index in [1.165, 1.54) is 5.69 Å². The summed E-state index contributed by atoms with van der Waals surface area (Å²) < 4.78 is 2.10. The average Bonchev–Trinajstić information content (AvgIpc) is 2.41. The van der Waals surface area contributed by atoms with Crippen LogP contribution in [0.4, 0.5) is 0 Å². The van der Waals surface area contributed by atoms with Gasteiger partial charge in [-0.3, -0.25) is 4.68 Å². The predicted molar refractivity (Wildman–Crippen MR) is 54.7 cm³/mol. The van der Waals surface area contributed by atoms with E-state index < -0.39 is 0 Å². The molecule has 3 nitrogen and oxygen atoms in total. The van der Waals surface area contributed by atoms with Gasteiger partial charge in [-0.15, -0.1) is 0 Å². The molecule has 0 radical (unpaired) electrons. The van der Waals surface area contributed by atoms with Gasteiger partial charge in [-0.2, -0.15) is 5.10 Å². The molecule has 1 heterocycles. The van der Waals surface area contributed by atoms with E-state index in [0.717, 1.165) is 25.1 Å². The number of hydrogen-bond acceptors (Lipinski definition) is 2. The Kier molecular flexibility index (Phi) is 3.48. The Hall–Kier alpha value is -0.830. The standard InChI is InChI=1S/C10H19N3/c1-4-10(5-6-11)13-9(3)7-8(2)12-13/h7,10H,4-6,11H2,1-3H3. The molecule has 1 rings (SSSR count). The van der Waals surface area contributed by atoms with Crippen molar-refractivity contribution in [3.63, 3.8) is 0 Å². The molecule has 1 aromatic heterocycles. The Morgan fingerprint density at radius 3 is 2.62 bits per heavy atom. The van der Waals surface area contributed by atoms with Gasteiger partial charge in [0.25, 0.3) is 0 Å². The van der Waals surface area contributed by atoms with Crippen LogP contribution >= 0.6 is 0 Å². The highest BCUT2D eigenvalue weighted by Gasteiger charge is 2.10. The number of rotatable bonds is 4. The molecule has 0 saturated heterocycles. The van der Waals surface area contributed by atoms with Gasteiger partial charge >= 0.3 is 0 Å². The minimum Gasteiger partial charge on any atom is -0.330 e. The summed E-state index contributed by atoms with van der Waals surface area (Å²) in [6, 6.07) is 2.58. The number of aromatic nitrogens is 2. The quantitative estimate of drug-likeness (QED) is 0.769. The Balaban J connectivity index is 2.83.